The van der Waals surface area contributed by atoms with Crippen LogP contribution >= 0.6 is 11.3 Å². The summed E-state index contributed by atoms with van der Waals surface area (Å²) in [5, 5.41) is 1.94. The lowest BCUT2D eigenvalue weighted by molar-refractivity contribution is -0.133. The van der Waals surface area contributed by atoms with E-state index in [2.05, 4.69) is 6.92 Å². The van der Waals surface area contributed by atoms with Crippen molar-refractivity contribution in [2.45, 2.75) is 32.4 Å². The van der Waals surface area contributed by atoms with Crippen molar-refractivity contribution >= 4 is 17.2 Å². The van der Waals surface area contributed by atoms with Gasteiger partial charge in [-0.05, 0) is 24.8 Å². The summed E-state index contributed by atoms with van der Waals surface area (Å²) in [7, 11) is 1.81. The van der Waals surface area contributed by atoms with Crippen LogP contribution in [0.4, 0.5) is 0 Å². The summed E-state index contributed by atoms with van der Waals surface area (Å²) >= 11 is 1.52. The number of hydrogen-bond donors (Lipinski definition) is 1. The second-order valence-electron chi connectivity index (χ2n) is 3.70. The second-order valence-corrected chi connectivity index (χ2v) is 4.68. The van der Waals surface area contributed by atoms with Crippen LogP contribution in [0.2, 0.25) is 0 Å². The van der Waals surface area contributed by atoms with Gasteiger partial charge in [0.25, 0.3) is 0 Å². The fraction of sp³-hybridized carbons (Fsp3) is 0.545. The van der Waals surface area contributed by atoms with Crippen molar-refractivity contribution in [3.05, 3.63) is 22.4 Å². The number of thiophene rings is 1. The molecule has 3 nitrogen and oxygen atoms in total. The van der Waals surface area contributed by atoms with Gasteiger partial charge in [0.05, 0.1) is 0 Å². The molecule has 2 unspecified atom stereocenters. The molecule has 0 radical (unpaired) electrons. The molecule has 2 atom stereocenters. The van der Waals surface area contributed by atoms with Gasteiger partial charge in [-0.2, -0.15) is 0 Å². The first-order valence-corrected chi connectivity index (χ1v) is 6.01. The Morgan fingerprint density at radius 1 is 1.67 bits per heavy atom. The molecule has 0 aliphatic rings. The van der Waals surface area contributed by atoms with E-state index in [1.165, 1.54) is 11.3 Å². The second kappa shape index (κ2) is 5.28. The topological polar surface area (TPSA) is 46.3 Å². The van der Waals surface area contributed by atoms with E-state index < -0.39 is 6.04 Å². The van der Waals surface area contributed by atoms with E-state index in [1.54, 1.807) is 4.90 Å². The number of likely N-dealkylation sites (N-methyl/N-ethyl adjacent to an activating group) is 1. The lowest BCUT2D eigenvalue weighted by Gasteiger charge is -2.26. The monoisotopic (exact) mass is 226 g/mol. The van der Waals surface area contributed by atoms with Crippen LogP contribution in [0, 0.1) is 0 Å². The summed E-state index contributed by atoms with van der Waals surface area (Å²) in [6, 6.07) is 3.54. The van der Waals surface area contributed by atoms with Crippen LogP contribution in [-0.2, 0) is 4.79 Å². The highest BCUT2D eigenvalue weighted by molar-refractivity contribution is 7.10. The molecule has 0 aliphatic heterocycles. The smallest absolute Gasteiger partial charge is 0.244 e. The third-order valence-corrected chi connectivity index (χ3v) is 3.67. The van der Waals surface area contributed by atoms with Crippen LogP contribution in [0.1, 0.15) is 31.2 Å². The Morgan fingerprint density at radius 3 is 2.80 bits per heavy atom. The van der Waals surface area contributed by atoms with Gasteiger partial charge in [-0.3, -0.25) is 4.79 Å². The zero-order chi connectivity index (χ0) is 11.4. The lowest BCUT2D eigenvalue weighted by Crippen LogP contribution is -2.40. The predicted molar refractivity (Wildman–Crippen MR) is 63.8 cm³/mol. The van der Waals surface area contributed by atoms with Crippen LogP contribution in [0.25, 0.3) is 0 Å². The molecular weight excluding hydrogens is 208 g/mol. The average Bonchev–Trinajstić information content (AvgIpc) is 2.78. The molecule has 2 N–H and O–H groups in total. The Morgan fingerprint density at radius 2 is 2.33 bits per heavy atom. The minimum atomic E-state index is -0.510. The molecule has 0 saturated carbocycles. The fourth-order valence-electron chi connectivity index (χ4n) is 1.30. The third kappa shape index (κ3) is 2.79. The Bertz CT molecular complexity index is 310. The molecule has 0 fully saturated rings. The van der Waals surface area contributed by atoms with E-state index in [0.717, 1.165) is 11.3 Å². The predicted octanol–water partition coefficient (Wildman–Crippen LogP) is 2.00. The molecule has 4 heteroatoms. The highest BCUT2D eigenvalue weighted by Crippen LogP contribution is 2.19. The number of hydrogen-bond acceptors (Lipinski definition) is 3. The number of nitrogens with zero attached hydrogens (tertiary/aromatic N) is 1. The molecule has 1 aromatic rings. The lowest BCUT2D eigenvalue weighted by atomic mass is 10.1. The van der Waals surface area contributed by atoms with Gasteiger partial charge >= 0.3 is 0 Å². The molecule has 0 saturated heterocycles. The van der Waals surface area contributed by atoms with Gasteiger partial charge in [0, 0.05) is 18.0 Å². The SMILES string of the molecule is CCC(C)N(C)C(=O)C(N)c1cccs1. The third-order valence-electron chi connectivity index (χ3n) is 2.72. The van der Waals surface area contributed by atoms with Crippen molar-refractivity contribution in [1.29, 1.82) is 0 Å². The van der Waals surface area contributed by atoms with Gasteiger partial charge in [0.1, 0.15) is 6.04 Å². The summed E-state index contributed by atoms with van der Waals surface area (Å²) in [5.41, 5.74) is 5.90. The van der Waals surface area contributed by atoms with E-state index in [9.17, 15) is 4.79 Å². The minimum Gasteiger partial charge on any atom is -0.341 e. The molecular formula is C11H18N2OS. The molecule has 1 rings (SSSR count). The molecule has 0 aliphatic carbocycles. The number of carbonyl (C=O) groups excluding carboxylic acids is 1. The molecule has 1 amide bonds. The largest absolute Gasteiger partial charge is 0.341 e. The number of carbonyl (C=O) groups is 1. The quantitative estimate of drug-likeness (QED) is 0.853. The maximum absolute atomic E-state index is 11.9. The maximum atomic E-state index is 11.9. The van der Waals surface area contributed by atoms with E-state index in [0.29, 0.717) is 0 Å². The van der Waals surface area contributed by atoms with E-state index in [4.69, 9.17) is 5.73 Å². The Balaban J connectivity index is 2.68. The van der Waals surface area contributed by atoms with Crippen molar-refractivity contribution in [2.24, 2.45) is 5.73 Å². The Labute approximate surface area is 94.9 Å². The van der Waals surface area contributed by atoms with Crippen LogP contribution in [0.3, 0.4) is 0 Å². The minimum absolute atomic E-state index is 0.00759. The van der Waals surface area contributed by atoms with Crippen molar-refractivity contribution in [3.63, 3.8) is 0 Å². The molecule has 0 bridgehead atoms. The van der Waals surface area contributed by atoms with Gasteiger partial charge in [0.15, 0.2) is 0 Å². The molecule has 84 valence electrons. The summed E-state index contributed by atoms with van der Waals surface area (Å²) in [4.78, 5) is 14.6. The van der Waals surface area contributed by atoms with Gasteiger partial charge < -0.3 is 10.6 Å². The van der Waals surface area contributed by atoms with Crippen LogP contribution < -0.4 is 5.73 Å². The molecule has 1 heterocycles. The normalized spacial score (nSPS) is 14.7. The zero-order valence-electron chi connectivity index (χ0n) is 9.43. The molecule has 0 aromatic carbocycles. The van der Waals surface area contributed by atoms with Gasteiger partial charge in [-0.25, -0.2) is 0 Å². The van der Waals surface area contributed by atoms with Crippen molar-refractivity contribution in [3.8, 4) is 0 Å². The highest BCUT2D eigenvalue weighted by Gasteiger charge is 2.22. The number of nitrogens with two attached hydrogens (primary N) is 1. The van der Waals surface area contributed by atoms with E-state index in [1.807, 2.05) is 31.5 Å². The first-order valence-electron chi connectivity index (χ1n) is 5.13. The van der Waals surface area contributed by atoms with Crippen molar-refractivity contribution in [1.82, 2.24) is 4.90 Å². The van der Waals surface area contributed by atoms with Crippen LogP contribution in [0.5, 0.6) is 0 Å². The number of amides is 1. The van der Waals surface area contributed by atoms with Gasteiger partial charge in [0.2, 0.25) is 5.91 Å². The summed E-state index contributed by atoms with van der Waals surface area (Å²) in [6.45, 7) is 4.09. The molecule has 0 spiro atoms. The first-order chi connectivity index (χ1) is 7.07. The summed E-state index contributed by atoms with van der Waals surface area (Å²) in [6.07, 6.45) is 0.944. The molecule has 1 aromatic heterocycles. The Hall–Kier alpha value is -0.870. The standard InChI is InChI=1S/C11H18N2OS/c1-4-8(2)13(3)11(14)10(12)9-6-5-7-15-9/h5-8,10H,4,12H2,1-3H3. The van der Waals surface area contributed by atoms with Gasteiger partial charge in [-0.15, -0.1) is 11.3 Å². The van der Waals surface area contributed by atoms with Crippen molar-refractivity contribution < 1.29 is 4.79 Å². The van der Waals surface area contributed by atoms with E-state index >= 15 is 0 Å². The Kier molecular flexibility index (Phi) is 4.29. The first kappa shape index (κ1) is 12.2. The number of rotatable bonds is 4. The maximum Gasteiger partial charge on any atom is 0.244 e. The highest BCUT2D eigenvalue weighted by atomic mass is 32.1. The molecule has 15 heavy (non-hydrogen) atoms. The fourth-order valence-corrected chi connectivity index (χ4v) is 2.02. The van der Waals surface area contributed by atoms with Gasteiger partial charge in [-0.1, -0.05) is 13.0 Å². The van der Waals surface area contributed by atoms with E-state index in [-0.39, 0.29) is 11.9 Å². The van der Waals surface area contributed by atoms with Crippen LogP contribution in [-0.4, -0.2) is 23.9 Å². The summed E-state index contributed by atoms with van der Waals surface area (Å²) in [5.74, 6) is -0.00759. The average molecular weight is 226 g/mol. The van der Waals surface area contributed by atoms with Crippen LogP contribution in [0.15, 0.2) is 17.5 Å². The summed E-state index contributed by atoms with van der Waals surface area (Å²) < 4.78 is 0. The zero-order valence-corrected chi connectivity index (χ0v) is 10.3. The van der Waals surface area contributed by atoms with Crippen molar-refractivity contribution in [2.75, 3.05) is 7.05 Å².